The molecular formula is C13H15BrN2O2S. The molecule has 0 radical (unpaired) electrons. The van der Waals surface area contributed by atoms with Crippen LogP contribution in [0.2, 0.25) is 0 Å². The second-order valence-corrected chi connectivity index (χ2v) is 6.34. The first-order valence-electron chi connectivity index (χ1n) is 5.63. The first-order chi connectivity index (χ1) is 9.19. The van der Waals surface area contributed by atoms with Gasteiger partial charge < -0.3 is 9.47 Å². The van der Waals surface area contributed by atoms with Crippen LogP contribution in [0, 0.1) is 0 Å². The van der Waals surface area contributed by atoms with Gasteiger partial charge >= 0.3 is 0 Å². The average Bonchev–Trinajstić information content (AvgIpc) is 2.86. The van der Waals surface area contributed by atoms with Gasteiger partial charge in [-0.25, -0.2) is 5.43 Å². The molecule has 0 aliphatic heterocycles. The molecule has 0 spiro atoms. The molecule has 0 saturated carbocycles. The Labute approximate surface area is 124 Å². The summed E-state index contributed by atoms with van der Waals surface area (Å²) in [6.07, 6.45) is 0. The number of thiophene rings is 1. The van der Waals surface area contributed by atoms with Gasteiger partial charge in [0, 0.05) is 16.5 Å². The molecule has 102 valence electrons. The number of hydrogen-bond acceptors (Lipinski definition) is 5. The third-order valence-corrected chi connectivity index (χ3v) is 4.49. The van der Waals surface area contributed by atoms with Crippen molar-refractivity contribution in [3.05, 3.63) is 44.6 Å². The summed E-state index contributed by atoms with van der Waals surface area (Å²) in [7, 11) is 3.26. The highest BCUT2D eigenvalue weighted by molar-refractivity contribution is 9.11. The lowest BCUT2D eigenvalue weighted by Gasteiger charge is -2.18. The number of methoxy groups -OCH3 is 2. The van der Waals surface area contributed by atoms with Crippen LogP contribution in [0.4, 0.5) is 0 Å². The minimum Gasteiger partial charge on any atom is -0.497 e. The van der Waals surface area contributed by atoms with E-state index in [1.807, 2.05) is 30.3 Å². The van der Waals surface area contributed by atoms with Gasteiger partial charge in [-0.15, -0.1) is 11.3 Å². The highest BCUT2D eigenvalue weighted by Gasteiger charge is 2.19. The van der Waals surface area contributed by atoms with Crippen LogP contribution in [-0.4, -0.2) is 14.2 Å². The fourth-order valence-corrected chi connectivity index (χ4v) is 3.37. The average molecular weight is 343 g/mol. The topological polar surface area (TPSA) is 56.5 Å². The number of ether oxygens (including phenoxy) is 2. The van der Waals surface area contributed by atoms with Gasteiger partial charge in [-0.05, 0) is 40.2 Å². The molecule has 0 saturated heterocycles. The predicted octanol–water partition coefficient (Wildman–Crippen LogP) is 3.08. The molecule has 0 fully saturated rings. The second-order valence-electron chi connectivity index (χ2n) is 3.85. The third-order valence-electron chi connectivity index (χ3n) is 2.80. The Hall–Kier alpha value is -1.08. The lowest BCUT2D eigenvalue weighted by Crippen LogP contribution is -2.28. The van der Waals surface area contributed by atoms with Crippen molar-refractivity contribution >= 4 is 27.3 Å². The summed E-state index contributed by atoms with van der Waals surface area (Å²) in [5.41, 5.74) is 3.80. The molecule has 0 bridgehead atoms. The van der Waals surface area contributed by atoms with Gasteiger partial charge in [-0.1, -0.05) is 0 Å². The van der Waals surface area contributed by atoms with Crippen LogP contribution in [0.1, 0.15) is 16.5 Å². The van der Waals surface area contributed by atoms with E-state index in [9.17, 15) is 0 Å². The summed E-state index contributed by atoms with van der Waals surface area (Å²) in [6, 6.07) is 9.61. The maximum atomic E-state index is 5.69. The van der Waals surface area contributed by atoms with Crippen molar-refractivity contribution < 1.29 is 9.47 Å². The maximum Gasteiger partial charge on any atom is 0.127 e. The molecule has 3 N–H and O–H groups in total. The Morgan fingerprint density at radius 2 is 2.00 bits per heavy atom. The first-order valence-corrected chi connectivity index (χ1v) is 7.23. The molecular weight excluding hydrogens is 328 g/mol. The fraction of sp³-hybridized carbons (Fsp3) is 0.231. The van der Waals surface area contributed by atoms with Crippen molar-refractivity contribution in [2.45, 2.75) is 6.04 Å². The van der Waals surface area contributed by atoms with Crippen LogP contribution in [0.3, 0.4) is 0 Å². The number of hydrazine groups is 1. The molecule has 1 heterocycles. The SMILES string of the molecule is COc1ccc(C(NN)c2ccc(Br)s2)c(OC)c1. The van der Waals surface area contributed by atoms with Crippen molar-refractivity contribution in [3.8, 4) is 11.5 Å². The summed E-state index contributed by atoms with van der Waals surface area (Å²) in [5, 5.41) is 0. The number of hydrogen-bond donors (Lipinski definition) is 2. The Balaban J connectivity index is 2.43. The van der Waals surface area contributed by atoms with Gasteiger partial charge in [0.15, 0.2) is 0 Å². The summed E-state index contributed by atoms with van der Waals surface area (Å²) in [6.45, 7) is 0. The zero-order valence-corrected chi connectivity index (χ0v) is 13.0. The van der Waals surface area contributed by atoms with E-state index in [1.165, 1.54) is 0 Å². The number of nitrogens with one attached hydrogen (secondary N) is 1. The molecule has 19 heavy (non-hydrogen) atoms. The monoisotopic (exact) mass is 342 g/mol. The van der Waals surface area contributed by atoms with Crippen LogP contribution < -0.4 is 20.7 Å². The van der Waals surface area contributed by atoms with Crippen LogP contribution in [-0.2, 0) is 0 Å². The van der Waals surface area contributed by atoms with E-state index >= 15 is 0 Å². The molecule has 1 atom stereocenters. The molecule has 1 aromatic carbocycles. The molecule has 4 nitrogen and oxygen atoms in total. The van der Waals surface area contributed by atoms with Crippen molar-refractivity contribution in [2.24, 2.45) is 5.84 Å². The summed E-state index contributed by atoms with van der Waals surface area (Å²) < 4.78 is 11.7. The standard InChI is InChI=1S/C13H15BrN2O2S/c1-17-8-3-4-9(10(7-8)18-2)13(16-15)11-5-6-12(14)19-11/h3-7,13,16H,15H2,1-2H3. The molecule has 1 aromatic heterocycles. The minimum atomic E-state index is -0.114. The van der Waals surface area contributed by atoms with Crippen molar-refractivity contribution in [1.29, 1.82) is 0 Å². The molecule has 2 aromatic rings. The van der Waals surface area contributed by atoms with Gasteiger partial charge in [0.1, 0.15) is 11.5 Å². The highest BCUT2D eigenvalue weighted by Crippen LogP contribution is 2.36. The number of rotatable bonds is 5. The van der Waals surface area contributed by atoms with E-state index in [0.717, 1.165) is 25.7 Å². The van der Waals surface area contributed by atoms with Crippen molar-refractivity contribution in [1.82, 2.24) is 5.43 Å². The summed E-state index contributed by atoms with van der Waals surface area (Å²) in [4.78, 5) is 1.11. The Bertz CT molecular complexity index is 559. The predicted molar refractivity (Wildman–Crippen MR) is 80.7 cm³/mol. The lowest BCUT2D eigenvalue weighted by molar-refractivity contribution is 0.388. The molecule has 0 amide bonds. The van der Waals surface area contributed by atoms with Gasteiger partial charge in [-0.3, -0.25) is 5.84 Å². The van der Waals surface area contributed by atoms with Crippen molar-refractivity contribution in [3.63, 3.8) is 0 Å². The lowest BCUT2D eigenvalue weighted by atomic mass is 10.0. The van der Waals surface area contributed by atoms with Crippen LogP contribution in [0.15, 0.2) is 34.1 Å². The van der Waals surface area contributed by atoms with Crippen LogP contribution in [0.25, 0.3) is 0 Å². The Morgan fingerprint density at radius 3 is 2.53 bits per heavy atom. The second kappa shape index (κ2) is 6.38. The first kappa shape index (κ1) is 14.3. The zero-order valence-electron chi connectivity index (χ0n) is 10.6. The number of benzene rings is 1. The maximum absolute atomic E-state index is 5.69. The number of halogens is 1. The van der Waals surface area contributed by atoms with Gasteiger partial charge in [0.05, 0.1) is 24.0 Å². The van der Waals surface area contributed by atoms with E-state index in [0.29, 0.717) is 0 Å². The van der Waals surface area contributed by atoms with E-state index < -0.39 is 0 Å². The van der Waals surface area contributed by atoms with E-state index in [1.54, 1.807) is 25.6 Å². The molecule has 0 aliphatic rings. The third kappa shape index (κ3) is 3.09. The Kier molecular flexibility index (Phi) is 4.81. The summed E-state index contributed by atoms with van der Waals surface area (Å²) >= 11 is 5.09. The van der Waals surface area contributed by atoms with Gasteiger partial charge in [0.25, 0.3) is 0 Å². The Morgan fingerprint density at radius 1 is 1.21 bits per heavy atom. The zero-order chi connectivity index (χ0) is 13.8. The molecule has 6 heteroatoms. The van der Waals surface area contributed by atoms with E-state index in [-0.39, 0.29) is 6.04 Å². The van der Waals surface area contributed by atoms with Crippen molar-refractivity contribution in [2.75, 3.05) is 14.2 Å². The molecule has 1 unspecified atom stereocenters. The smallest absolute Gasteiger partial charge is 0.127 e. The molecule has 0 aliphatic carbocycles. The normalized spacial score (nSPS) is 12.2. The van der Waals surface area contributed by atoms with E-state index in [2.05, 4.69) is 21.4 Å². The number of nitrogens with two attached hydrogens (primary N) is 1. The van der Waals surface area contributed by atoms with E-state index in [4.69, 9.17) is 15.3 Å². The highest BCUT2D eigenvalue weighted by atomic mass is 79.9. The minimum absolute atomic E-state index is 0.114. The van der Waals surface area contributed by atoms with Gasteiger partial charge in [-0.2, -0.15) is 0 Å². The van der Waals surface area contributed by atoms with Crippen LogP contribution >= 0.6 is 27.3 Å². The largest absolute Gasteiger partial charge is 0.497 e. The quantitative estimate of drug-likeness (QED) is 0.647. The van der Waals surface area contributed by atoms with Gasteiger partial charge in [0.2, 0.25) is 0 Å². The fourth-order valence-electron chi connectivity index (χ4n) is 1.87. The molecule has 2 rings (SSSR count). The van der Waals surface area contributed by atoms with Crippen LogP contribution in [0.5, 0.6) is 11.5 Å². The summed E-state index contributed by atoms with van der Waals surface area (Å²) in [5.74, 6) is 7.19.